The van der Waals surface area contributed by atoms with Crippen LogP contribution >= 0.6 is 11.8 Å². The summed E-state index contributed by atoms with van der Waals surface area (Å²) in [4.78, 5) is 20.8. The smallest absolute Gasteiger partial charge is 0.267 e. The number of aromatic nitrogens is 1. The molecule has 0 spiro atoms. The van der Waals surface area contributed by atoms with Gasteiger partial charge in [0.2, 0.25) is 0 Å². The third-order valence-electron chi connectivity index (χ3n) is 7.37. The molecule has 1 aliphatic carbocycles. The average molecular weight is 558 g/mol. The number of hydrogen-bond acceptors (Lipinski definition) is 4. The van der Waals surface area contributed by atoms with Gasteiger partial charge in [-0.3, -0.25) is 9.69 Å². The van der Waals surface area contributed by atoms with Crippen LogP contribution in [0.5, 0.6) is 5.75 Å². The van der Waals surface area contributed by atoms with Gasteiger partial charge in [0.25, 0.3) is 5.91 Å². The first-order valence-corrected chi connectivity index (χ1v) is 14.4. The molecule has 0 N–H and O–H groups in total. The van der Waals surface area contributed by atoms with Gasteiger partial charge in [0, 0.05) is 28.7 Å². The van der Waals surface area contributed by atoms with Gasteiger partial charge in [-0.25, -0.2) is 13.8 Å². The second-order valence-electron chi connectivity index (χ2n) is 10.0. The molecule has 5 nitrogen and oxygen atoms in total. The van der Waals surface area contributed by atoms with Gasteiger partial charge in [-0.05, 0) is 73.1 Å². The second-order valence-corrected chi connectivity index (χ2v) is 11.0. The van der Waals surface area contributed by atoms with E-state index in [1.807, 2.05) is 36.5 Å². The zero-order valence-electron chi connectivity index (χ0n) is 21.9. The highest BCUT2D eigenvalue weighted by molar-refractivity contribution is 8.18. The molecule has 8 heteroatoms. The molecule has 2 fully saturated rings. The van der Waals surface area contributed by atoms with Crippen molar-refractivity contribution in [2.75, 3.05) is 6.61 Å². The van der Waals surface area contributed by atoms with Gasteiger partial charge in [-0.15, -0.1) is 0 Å². The lowest BCUT2D eigenvalue weighted by Crippen LogP contribution is -2.40. The van der Waals surface area contributed by atoms with Crippen LogP contribution in [0.1, 0.15) is 37.7 Å². The first-order chi connectivity index (χ1) is 19.6. The van der Waals surface area contributed by atoms with E-state index in [-0.39, 0.29) is 23.5 Å². The molecule has 1 aromatic heterocycles. The Kier molecular flexibility index (Phi) is 7.68. The Labute approximate surface area is 236 Å². The lowest BCUT2D eigenvalue weighted by molar-refractivity contribution is -0.124. The quantitative estimate of drug-likeness (QED) is 0.217. The topological polar surface area (TPSA) is 46.8 Å². The summed E-state index contributed by atoms with van der Waals surface area (Å²) in [5, 5.41) is 1.55. The molecular weight excluding hydrogens is 528 g/mol. The van der Waals surface area contributed by atoms with Crippen molar-refractivity contribution in [1.82, 2.24) is 9.47 Å². The number of hydrogen-bond donors (Lipinski definition) is 0. The number of aliphatic imine (C=N–C) groups is 1. The summed E-state index contributed by atoms with van der Waals surface area (Å²) in [5.74, 6) is -0.180. The van der Waals surface area contributed by atoms with Crippen LogP contribution in [0.15, 0.2) is 88.9 Å². The normalized spacial score (nSPS) is 18.4. The third-order valence-corrected chi connectivity index (χ3v) is 8.35. The van der Waals surface area contributed by atoms with E-state index < -0.39 is 5.82 Å². The standard InChI is InChI=1S/C32H29F2N3O2S/c33-23-14-16-25(17-15-23)39-19-18-36-21-22(26-10-4-7-13-29(26)36)20-30-31(38)37(24-8-2-1-3-9-24)32(40-30)35-28-12-6-5-11-27(28)34/h4-7,10-17,20-21,24H,1-3,8-9,18-19H2. The molecule has 2 heterocycles. The van der Waals surface area contributed by atoms with Gasteiger partial charge in [0.05, 0.1) is 11.4 Å². The number of fused-ring (bicyclic) bond motifs is 1. The number of carbonyl (C=O) groups is 1. The van der Waals surface area contributed by atoms with Gasteiger partial charge in [-0.2, -0.15) is 0 Å². The minimum atomic E-state index is -0.407. The molecule has 3 aromatic carbocycles. The first kappa shape index (κ1) is 26.3. The molecule has 0 atom stereocenters. The summed E-state index contributed by atoms with van der Waals surface area (Å²) in [6.07, 6.45) is 9.09. The fraction of sp³-hybridized carbons (Fsp3) is 0.250. The Morgan fingerprint density at radius 1 is 0.950 bits per heavy atom. The molecule has 0 radical (unpaired) electrons. The van der Waals surface area contributed by atoms with Crippen LogP contribution in [0.2, 0.25) is 0 Å². The van der Waals surface area contributed by atoms with Gasteiger partial charge < -0.3 is 9.30 Å². The van der Waals surface area contributed by atoms with Crippen molar-refractivity contribution < 1.29 is 18.3 Å². The van der Waals surface area contributed by atoms with E-state index >= 15 is 0 Å². The van der Waals surface area contributed by atoms with Crippen LogP contribution in [0.25, 0.3) is 17.0 Å². The van der Waals surface area contributed by atoms with Gasteiger partial charge in [0.1, 0.15) is 29.7 Å². The molecule has 0 unspecified atom stereocenters. The summed E-state index contributed by atoms with van der Waals surface area (Å²) in [7, 11) is 0. The number of carbonyl (C=O) groups excluding carboxylic acids is 1. The van der Waals surface area contributed by atoms with Crippen molar-refractivity contribution in [1.29, 1.82) is 0 Å². The summed E-state index contributed by atoms with van der Waals surface area (Å²) in [5.41, 5.74) is 2.18. The zero-order valence-corrected chi connectivity index (χ0v) is 22.7. The van der Waals surface area contributed by atoms with Crippen molar-refractivity contribution >= 4 is 45.5 Å². The SMILES string of the molecule is O=C1C(=Cc2cn(CCOc3ccc(F)cc3)c3ccccc23)SC(=Nc2ccccc2F)N1C1CCCCC1. The van der Waals surface area contributed by atoms with Crippen molar-refractivity contribution in [3.63, 3.8) is 0 Å². The number of benzene rings is 3. The van der Waals surface area contributed by atoms with Gasteiger partial charge in [-0.1, -0.05) is 49.6 Å². The highest BCUT2D eigenvalue weighted by atomic mass is 32.2. The lowest BCUT2D eigenvalue weighted by Gasteiger charge is -2.30. The number of rotatable bonds is 7. The van der Waals surface area contributed by atoms with Crippen LogP contribution < -0.4 is 4.74 Å². The number of nitrogens with zero attached hydrogens (tertiary/aromatic N) is 3. The minimum Gasteiger partial charge on any atom is -0.492 e. The van der Waals surface area contributed by atoms with Crippen LogP contribution in [0.3, 0.4) is 0 Å². The molecule has 6 rings (SSSR count). The Hall–Kier alpha value is -3.91. The lowest BCUT2D eigenvalue weighted by atomic mass is 9.94. The van der Waals surface area contributed by atoms with Crippen molar-refractivity contribution in [2.45, 2.75) is 44.7 Å². The highest BCUT2D eigenvalue weighted by Crippen LogP contribution is 2.39. The number of amides is 1. The largest absolute Gasteiger partial charge is 0.492 e. The summed E-state index contributed by atoms with van der Waals surface area (Å²) < 4.78 is 35.6. The van der Waals surface area contributed by atoms with Crippen LogP contribution in [0.4, 0.5) is 14.5 Å². The monoisotopic (exact) mass is 557 g/mol. The Morgan fingerprint density at radius 2 is 1.70 bits per heavy atom. The highest BCUT2D eigenvalue weighted by Gasteiger charge is 2.39. The van der Waals surface area contributed by atoms with Gasteiger partial charge in [0.15, 0.2) is 5.17 Å². The van der Waals surface area contributed by atoms with E-state index in [1.165, 1.54) is 36.4 Å². The molecule has 1 aliphatic heterocycles. The van der Waals surface area contributed by atoms with E-state index in [9.17, 15) is 13.6 Å². The molecule has 1 saturated heterocycles. The van der Waals surface area contributed by atoms with Crippen molar-refractivity contribution in [2.24, 2.45) is 4.99 Å². The Balaban J connectivity index is 1.30. The molecule has 204 valence electrons. The zero-order chi connectivity index (χ0) is 27.5. The number of thioether (sulfide) groups is 1. The maximum atomic E-state index is 14.5. The Bertz CT molecular complexity index is 1590. The minimum absolute atomic E-state index is 0.0649. The second kappa shape index (κ2) is 11.7. The summed E-state index contributed by atoms with van der Waals surface area (Å²) >= 11 is 1.31. The molecule has 40 heavy (non-hydrogen) atoms. The van der Waals surface area contributed by atoms with Crippen LogP contribution in [-0.4, -0.2) is 33.2 Å². The molecule has 4 aromatic rings. The van der Waals surface area contributed by atoms with Crippen LogP contribution in [0, 0.1) is 11.6 Å². The fourth-order valence-corrected chi connectivity index (χ4v) is 6.42. The van der Waals surface area contributed by atoms with Crippen LogP contribution in [-0.2, 0) is 11.3 Å². The van der Waals surface area contributed by atoms with Crippen molar-refractivity contribution in [3.8, 4) is 5.75 Å². The van der Waals surface area contributed by atoms with E-state index in [0.29, 0.717) is 29.0 Å². The number of amidine groups is 1. The fourth-order valence-electron chi connectivity index (χ4n) is 5.38. The van der Waals surface area contributed by atoms with Gasteiger partial charge >= 0.3 is 0 Å². The number of para-hydroxylation sites is 2. The van der Waals surface area contributed by atoms with E-state index in [1.54, 1.807) is 35.2 Å². The molecule has 1 amide bonds. The third kappa shape index (κ3) is 5.54. The van der Waals surface area contributed by atoms with E-state index in [4.69, 9.17) is 4.74 Å². The summed E-state index contributed by atoms with van der Waals surface area (Å²) in [6, 6.07) is 20.5. The van der Waals surface area contributed by atoms with Crippen molar-refractivity contribution in [3.05, 3.63) is 101 Å². The number of ether oxygens (including phenoxy) is 1. The molecule has 2 aliphatic rings. The maximum absolute atomic E-state index is 14.5. The Morgan fingerprint density at radius 3 is 2.50 bits per heavy atom. The predicted molar refractivity (Wildman–Crippen MR) is 157 cm³/mol. The predicted octanol–water partition coefficient (Wildman–Crippen LogP) is 7.94. The van der Waals surface area contributed by atoms with E-state index in [2.05, 4.69) is 9.56 Å². The number of halogens is 2. The maximum Gasteiger partial charge on any atom is 0.267 e. The average Bonchev–Trinajstić information content (AvgIpc) is 3.48. The molecule has 0 bridgehead atoms. The summed E-state index contributed by atoms with van der Waals surface area (Å²) in [6.45, 7) is 0.985. The molecule has 1 saturated carbocycles. The van der Waals surface area contributed by atoms with E-state index in [0.717, 1.165) is 42.1 Å². The first-order valence-electron chi connectivity index (χ1n) is 13.6. The molecular formula is C32H29F2N3O2S.